The summed E-state index contributed by atoms with van der Waals surface area (Å²) in [6, 6.07) is 15.3. The molecule has 160 valence electrons. The SMILES string of the molecule is CCSc1nc2c(c(=O)[nH]1)C(c1ccc(OCc3ccccc3)c(OC)c1)CC(=O)N2. The summed E-state index contributed by atoms with van der Waals surface area (Å²) in [5.74, 6) is 1.63. The van der Waals surface area contributed by atoms with E-state index < -0.39 is 5.92 Å². The third kappa shape index (κ3) is 4.59. The Morgan fingerprint density at radius 3 is 2.68 bits per heavy atom. The van der Waals surface area contributed by atoms with Crippen LogP contribution in [-0.4, -0.2) is 28.7 Å². The Labute approximate surface area is 184 Å². The van der Waals surface area contributed by atoms with Gasteiger partial charge in [0.2, 0.25) is 5.91 Å². The Morgan fingerprint density at radius 1 is 1.13 bits per heavy atom. The van der Waals surface area contributed by atoms with Crippen molar-refractivity contribution < 1.29 is 14.3 Å². The van der Waals surface area contributed by atoms with Crippen LogP contribution in [0.1, 0.15) is 36.0 Å². The van der Waals surface area contributed by atoms with Crippen LogP contribution in [-0.2, 0) is 11.4 Å². The zero-order chi connectivity index (χ0) is 21.8. The molecule has 2 N–H and O–H groups in total. The molecule has 0 bridgehead atoms. The largest absolute Gasteiger partial charge is 0.493 e. The summed E-state index contributed by atoms with van der Waals surface area (Å²) in [6.45, 7) is 2.38. The van der Waals surface area contributed by atoms with E-state index in [4.69, 9.17) is 9.47 Å². The van der Waals surface area contributed by atoms with Crippen molar-refractivity contribution in [1.29, 1.82) is 0 Å². The van der Waals surface area contributed by atoms with Gasteiger partial charge < -0.3 is 19.8 Å². The summed E-state index contributed by atoms with van der Waals surface area (Å²) in [6.07, 6.45) is 0.158. The Hall–Kier alpha value is -3.26. The monoisotopic (exact) mass is 437 g/mol. The summed E-state index contributed by atoms with van der Waals surface area (Å²) in [7, 11) is 1.57. The third-order valence-corrected chi connectivity index (χ3v) is 5.79. The van der Waals surface area contributed by atoms with Crippen LogP contribution >= 0.6 is 11.8 Å². The fourth-order valence-corrected chi connectivity index (χ4v) is 4.19. The van der Waals surface area contributed by atoms with Crippen LogP contribution in [0.15, 0.2) is 58.5 Å². The summed E-state index contributed by atoms with van der Waals surface area (Å²) in [5, 5.41) is 3.23. The fourth-order valence-electron chi connectivity index (χ4n) is 3.60. The number of H-pyrrole nitrogens is 1. The molecule has 1 amide bonds. The first-order chi connectivity index (χ1) is 15.1. The lowest BCUT2D eigenvalue weighted by Gasteiger charge is -2.25. The standard InChI is InChI=1S/C23H23N3O4S/c1-3-31-23-25-21-20(22(28)26-23)16(12-19(27)24-21)15-9-10-17(18(11-15)29-2)30-13-14-7-5-4-6-8-14/h4-11,16H,3,12-13H2,1-2H3,(H2,24,25,26,27,28). The molecule has 3 aromatic rings. The lowest BCUT2D eigenvalue weighted by atomic mass is 9.86. The number of hydrogen-bond acceptors (Lipinski definition) is 6. The number of anilines is 1. The predicted molar refractivity (Wildman–Crippen MR) is 120 cm³/mol. The van der Waals surface area contributed by atoms with Crippen LogP contribution in [0.2, 0.25) is 0 Å². The molecule has 1 aromatic heterocycles. The zero-order valence-electron chi connectivity index (χ0n) is 17.3. The average molecular weight is 438 g/mol. The van der Waals surface area contributed by atoms with Gasteiger partial charge in [0.25, 0.3) is 5.56 Å². The first-order valence-electron chi connectivity index (χ1n) is 10.0. The highest BCUT2D eigenvalue weighted by Crippen LogP contribution is 2.38. The van der Waals surface area contributed by atoms with E-state index in [-0.39, 0.29) is 17.9 Å². The lowest BCUT2D eigenvalue weighted by Crippen LogP contribution is -2.31. The number of aromatic amines is 1. The van der Waals surface area contributed by atoms with Gasteiger partial charge in [0, 0.05) is 12.3 Å². The number of rotatable bonds is 7. The van der Waals surface area contributed by atoms with Crippen LogP contribution in [0.25, 0.3) is 0 Å². The van der Waals surface area contributed by atoms with Crippen molar-refractivity contribution in [1.82, 2.24) is 9.97 Å². The van der Waals surface area contributed by atoms with E-state index in [0.29, 0.717) is 34.6 Å². The predicted octanol–water partition coefficient (Wildman–Crippen LogP) is 3.94. The van der Waals surface area contributed by atoms with E-state index in [1.807, 2.05) is 55.5 Å². The van der Waals surface area contributed by atoms with Gasteiger partial charge >= 0.3 is 0 Å². The number of hydrogen-bond donors (Lipinski definition) is 2. The molecule has 1 aliphatic heterocycles. The fraction of sp³-hybridized carbons (Fsp3) is 0.261. The number of nitrogens with zero attached hydrogens (tertiary/aromatic N) is 1. The first-order valence-corrected chi connectivity index (χ1v) is 11.0. The highest BCUT2D eigenvalue weighted by molar-refractivity contribution is 7.99. The molecular formula is C23H23N3O4S. The minimum atomic E-state index is -0.419. The maximum atomic E-state index is 12.8. The molecule has 0 saturated carbocycles. The van der Waals surface area contributed by atoms with Gasteiger partial charge in [-0.3, -0.25) is 9.59 Å². The number of fused-ring (bicyclic) bond motifs is 1. The van der Waals surface area contributed by atoms with Gasteiger partial charge in [0.05, 0.1) is 12.7 Å². The van der Waals surface area contributed by atoms with Crippen LogP contribution < -0.4 is 20.3 Å². The molecule has 2 heterocycles. The molecule has 31 heavy (non-hydrogen) atoms. The molecule has 2 aromatic carbocycles. The van der Waals surface area contributed by atoms with E-state index in [1.54, 1.807) is 7.11 Å². The van der Waals surface area contributed by atoms with Crippen LogP contribution in [0.5, 0.6) is 11.5 Å². The van der Waals surface area contributed by atoms with Crippen molar-refractivity contribution in [3.8, 4) is 11.5 Å². The van der Waals surface area contributed by atoms with E-state index in [0.717, 1.165) is 16.9 Å². The van der Waals surface area contributed by atoms with E-state index >= 15 is 0 Å². The van der Waals surface area contributed by atoms with Crippen molar-refractivity contribution in [2.45, 2.75) is 31.0 Å². The minimum Gasteiger partial charge on any atom is -0.493 e. The van der Waals surface area contributed by atoms with Gasteiger partial charge in [0.1, 0.15) is 12.4 Å². The van der Waals surface area contributed by atoms with Gasteiger partial charge in [0.15, 0.2) is 16.7 Å². The summed E-state index contributed by atoms with van der Waals surface area (Å²) in [4.78, 5) is 32.4. The van der Waals surface area contributed by atoms with Crippen LogP contribution in [0.3, 0.4) is 0 Å². The number of carbonyl (C=O) groups is 1. The molecule has 1 unspecified atom stereocenters. The second-order valence-electron chi connectivity index (χ2n) is 7.06. The number of amides is 1. The highest BCUT2D eigenvalue weighted by Gasteiger charge is 2.31. The molecule has 0 spiro atoms. The Bertz CT molecular complexity index is 1150. The van der Waals surface area contributed by atoms with E-state index in [9.17, 15) is 9.59 Å². The second kappa shape index (κ2) is 9.26. The summed E-state index contributed by atoms with van der Waals surface area (Å²) >= 11 is 1.42. The maximum absolute atomic E-state index is 12.8. The van der Waals surface area contributed by atoms with Gasteiger partial charge in [-0.1, -0.05) is 55.1 Å². The topological polar surface area (TPSA) is 93.3 Å². The lowest BCUT2D eigenvalue weighted by molar-refractivity contribution is -0.116. The van der Waals surface area contributed by atoms with E-state index in [1.165, 1.54) is 11.8 Å². The highest BCUT2D eigenvalue weighted by atomic mass is 32.2. The molecule has 0 aliphatic carbocycles. The average Bonchev–Trinajstić information content (AvgIpc) is 2.77. The van der Waals surface area contributed by atoms with E-state index in [2.05, 4.69) is 15.3 Å². The number of carbonyl (C=O) groups excluding carboxylic acids is 1. The normalized spacial score (nSPS) is 15.2. The van der Waals surface area contributed by atoms with Crippen molar-refractivity contribution in [3.63, 3.8) is 0 Å². The van der Waals surface area contributed by atoms with Crippen molar-refractivity contribution >= 4 is 23.5 Å². The minimum absolute atomic E-state index is 0.158. The van der Waals surface area contributed by atoms with Crippen molar-refractivity contribution in [3.05, 3.63) is 75.6 Å². The maximum Gasteiger partial charge on any atom is 0.257 e. The molecule has 0 saturated heterocycles. The van der Waals surface area contributed by atoms with Gasteiger partial charge in [-0.2, -0.15) is 0 Å². The number of methoxy groups -OCH3 is 1. The summed E-state index contributed by atoms with van der Waals surface area (Å²) in [5.41, 5.74) is 2.06. The Kier molecular flexibility index (Phi) is 6.27. The summed E-state index contributed by atoms with van der Waals surface area (Å²) < 4.78 is 11.5. The van der Waals surface area contributed by atoms with Crippen molar-refractivity contribution in [2.75, 3.05) is 18.2 Å². The second-order valence-corrected chi connectivity index (χ2v) is 8.31. The van der Waals surface area contributed by atoms with Crippen LogP contribution in [0, 0.1) is 0 Å². The molecule has 0 radical (unpaired) electrons. The molecule has 0 fully saturated rings. The molecule has 7 nitrogen and oxygen atoms in total. The quantitative estimate of drug-likeness (QED) is 0.430. The molecule has 1 aliphatic rings. The Morgan fingerprint density at radius 2 is 1.94 bits per heavy atom. The first kappa shape index (κ1) is 21.0. The van der Waals surface area contributed by atoms with Gasteiger partial charge in [-0.25, -0.2) is 4.98 Å². The zero-order valence-corrected chi connectivity index (χ0v) is 18.1. The molecule has 8 heteroatoms. The smallest absolute Gasteiger partial charge is 0.257 e. The number of benzene rings is 2. The van der Waals surface area contributed by atoms with Gasteiger partial charge in [-0.15, -0.1) is 0 Å². The molecule has 1 atom stereocenters. The van der Waals surface area contributed by atoms with Crippen molar-refractivity contribution in [2.24, 2.45) is 0 Å². The number of aromatic nitrogens is 2. The number of nitrogens with one attached hydrogen (secondary N) is 2. The number of thioether (sulfide) groups is 1. The third-order valence-electron chi connectivity index (χ3n) is 5.04. The number of ether oxygens (including phenoxy) is 2. The van der Waals surface area contributed by atoms with Crippen LogP contribution in [0.4, 0.5) is 5.82 Å². The Balaban J connectivity index is 1.65. The molecule has 4 rings (SSSR count). The van der Waals surface area contributed by atoms with Gasteiger partial charge in [-0.05, 0) is 29.0 Å². The molecular weight excluding hydrogens is 414 g/mol.